The summed E-state index contributed by atoms with van der Waals surface area (Å²) in [6.45, 7) is 0. The van der Waals surface area contributed by atoms with Gasteiger partial charge in [0.2, 0.25) is 0 Å². The molecule has 0 saturated heterocycles. The van der Waals surface area contributed by atoms with Gasteiger partial charge in [0.15, 0.2) is 0 Å². The van der Waals surface area contributed by atoms with Crippen molar-refractivity contribution in [3.8, 4) is 0 Å². The number of carbonyl (C=O) groups excluding carboxylic acids is 1. The highest BCUT2D eigenvalue weighted by Crippen LogP contribution is 2.19. The maximum atomic E-state index is 12.6. The summed E-state index contributed by atoms with van der Waals surface area (Å²) < 4.78 is 12.6. The highest BCUT2D eigenvalue weighted by atomic mass is 35.5. The van der Waals surface area contributed by atoms with Gasteiger partial charge in [-0.2, -0.15) is 0 Å². The summed E-state index contributed by atoms with van der Waals surface area (Å²) in [5.74, 6) is -0.655. The summed E-state index contributed by atoms with van der Waals surface area (Å²) in [5.41, 5.74) is 6.22. The second kappa shape index (κ2) is 5.01. The van der Waals surface area contributed by atoms with E-state index in [2.05, 4.69) is 10.3 Å². The van der Waals surface area contributed by atoms with Gasteiger partial charge in [-0.05, 0) is 30.3 Å². The Hall–Kier alpha value is -2.14. The van der Waals surface area contributed by atoms with E-state index >= 15 is 0 Å². The van der Waals surface area contributed by atoms with Gasteiger partial charge in [-0.15, -0.1) is 0 Å². The molecule has 3 N–H and O–H groups in total. The van der Waals surface area contributed by atoms with Crippen LogP contribution in [0.3, 0.4) is 0 Å². The molecule has 0 aliphatic carbocycles. The summed E-state index contributed by atoms with van der Waals surface area (Å²) in [7, 11) is 0. The first-order chi connectivity index (χ1) is 8.56. The number of halogens is 2. The predicted molar refractivity (Wildman–Crippen MR) is 68.0 cm³/mol. The van der Waals surface area contributed by atoms with Gasteiger partial charge >= 0.3 is 0 Å². The Balaban J connectivity index is 2.19. The standard InChI is InChI=1S/C12H9ClFN3O/c13-7-1-3-9(10(15)5-7)12(18)17-11-4-2-8(14)6-16-11/h1-6H,15H2,(H,16,17,18). The molecular weight excluding hydrogens is 257 g/mol. The van der Waals surface area contributed by atoms with Crippen LogP contribution in [0, 0.1) is 5.82 Å². The van der Waals surface area contributed by atoms with Crippen molar-refractivity contribution in [2.75, 3.05) is 11.1 Å². The number of nitrogen functional groups attached to an aromatic ring is 1. The molecular formula is C12H9ClFN3O. The Morgan fingerprint density at radius 3 is 2.72 bits per heavy atom. The summed E-state index contributed by atoms with van der Waals surface area (Å²) in [6, 6.07) is 7.11. The number of carbonyl (C=O) groups is 1. The highest BCUT2D eigenvalue weighted by molar-refractivity contribution is 6.31. The number of nitrogens with zero attached hydrogens (tertiary/aromatic N) is 1. The number of rotatable bonds is 2. The first-order valence-corrected chi connectivity index (χ1v) is 5.42. The molecule has 0 bridgehead atoms. The molecule has 0 radical (unpaired) electrons. The molecule has 0 atom stereocenters. The molecule has 0 aliphatic heterocycles. The van der Waals surface area contributed by atoms with Crippen LogP contribution in [0.1, 0.15) is 10.4 Å². The molecule has 1 heterocycles. The fourth-order valence-corrected chi connectivity index (χ4v) is 1.55. The summed E-state index contributed by atoms with van der Waals surface area (Å²) >= 11 is 5.73. The number of nitrogens with two attached hydrogens (primary N) is 1. The minimum Gasteiger partial charge on any atom is -0.398 e. The van der Waals surface area contributed by atoms with E-state index in [1.165, 1.54) is 24.3 Å². The van der Waals surface area contributed by atoms with Gasteiger partial charge in [0.1, 0.15) is 11.6 Å². The predicted octanol–water partition coefficient (Wildman–Crippen LogP) is 2.71. The van der Waals surface area contributed by atoms with E-state index in [4.69, 9.17) is 17.3 Å². The molecule has 1 aromatic heterocycles. The fraction of sp³-hybridized carbons (Fsp3) is 0. The average Bonchev–Trinajstić information content (AvgIpc) is 2.32. The summed E-state index contributed by atoms with van der Waals surface area (Å²) in [5, 5.41) is 2.95. The maximum Gasteiger partial charge on any atom is 0.258 e. The van der Waals surface area contributed by atoms with Crippen molar-refractivity contribution in [1.82, 2.24) is 4.98 Å². The van der Waals surface area contributed by atoms with Crippen LogP contribution in [0.25, 0.3) is 0 Å². The molecule has 0 spiro atoms. The topological polar surface area (TPSA) is 68.0 Å². The summed E-state index contributed by atoms with van der Waals surface area (Å²) in [6.07, 6.45) is 1.01. The molecule has 0 unspecified atom stereocenters. The Morgan fingerprint density at radius 1 is 1.33 bits per heavy atom. The third-order valence-electron chi connectivity index (χ3n) is 2.23. The van der Waals surface area contributed by atoms with Gasteiger partial charge in [0, 0.05) is 10.7 Å². The van der Waals surface area contributed by atoms with Gasteiger partial charge in [-0.3, -0.25) is 4.79 Å². The largest absolute Gasteiger partial charge is 0.398 e. The number of aromatic nitrogens is 1. The van der Waals surface area contributed by atoms with Crippen molar-refractivity contribution >= 4 is 29.0 Å². The van der Waals surface area contributed by atoms with Gasteiger partial charge in [0.05, 0.1) is 11.8 Å². The lowest BCUT2D eigenvalue weighted by atomic mass is 10.1. The monoisotopic (exact) mass is 265 g/mol. The van der Waals surface area contributed by atoms with Crippen LogP contribution >= 0.6 is 11.6 Å². The Kier molecular flexibility index (Phi) is 3.43. The SMILES string of the molecule is Nc1cc(Cl)ccc1C(=O)Nc1ccc(F)cn1. The number of pyridine rings is 1. The van der Waals surface area contributed by atoms with Crippen molar-refractivity contribution in [1.29, 1.82) is 0 Å². The first kappa shape index (κ1) is 12.3. The van der Waals surface area contributed by atoms with Crippen LogP contribution in [-0.2, 0) is 0 Å². The molecule has 6 heteroatoms. The molecule has 18 heavy (non-hydrogen) atoms. The number of hydrogen-bond donors (Lipinski definition) is 2. The highest BCUT2D eigenvalue weighted by Gasteiger charge is 2.10. The molecule has 2 aromatic rings. The molecule has 0 aliphatic rings. The van der Waals surface area contributed by atoms with Crippen molar-refractivity contribution in [2.24, 2.45) is 0 Å². The number of amides is 1. The third-order valence-corrected chi connectivity index (χ3v) is 2.46. The van der Waals surface area contributed by atoms with Crippen molar-refractivity contribution in [3.05, 3.63) is 52.9 Å². The van der Waals surface area contributed by atoms with Crippen molar-refractivity contribution in [2.45, 2.75) is 0 Å². The third kappa shape index (κ3) is 2.75. The Morgan fingerprint density at radius 2 is 2.11 bits per heavy atom. The van der Waals surface area contributed by atoms with Gasteiger partial charge in [-0.1, -0.05) is 11.6 Å². The number of hydrogen-bond acceptors (Lipinski definition) is 3. The smallest absolute Gasteiger partial charge is 0.258 e. The van der Waals surface area contributed by atoms with E-state index < -0.39 is 11.7 Å². The van der Waals surface area contributed by atoms with Crippen molar-refractivity contribution in [3.63, 3.8) is 0 Å². The van der Waals surface area contributed by atoms with Crippen LogP contribution in [0.15, 0.2) is 36.5 Å². The number of benzene rings is 1. The molecule has 4 nitrogen and oxygen atoms in total. The van der Waals surface area contributed by atoms with E-state index in [1.54, 1.807) is 6.07 Å². The second-order valence-corrected chi connectivity index (χ2v) is 3.98. The Bertz CT molecular complexity index is 586. The molecule has 1 amide bonds. The maximum absolute atomic E-state index is 12.6. The fourth-order valence-electron chi connectivity index (χ4n) is 1.37. The quantitative estimate of drug-likeness (QED) is 0.821. The van der Waals surface area contributed by atoms with Gasteiger partial charge < -0.3 is 11.1 Å². The molecule has 92 valence electrons. The van der Waals surface area contributed by atoms with E-state index in [-0.39, 0.29) is 17.1 Å². The molecule has 2 rings (SSSR count). The van der Waals surface area contributed by atoms with Crippen LogP contribution in [-0.4, -0.2) is 10.9 Å². The Labute approximate surface area is 108 Å². The minimum absolute atomic E-state index is 0.246. The zero-order valence-corrected chi connectivity index (χ0v) is 9.91. The lowest BCUT2D eigenvalue weighted by Crippen LogP contribution is -2.14. The average molecular weight is 266 g/mol. The van der Waals surface area contributed by atoms with Crippen LogP contribution in [0.2, 0.25) is 5.02 Å². The van der Waals surface area contributed by atoms with Gasteiger partial charge in [0.25, 0.3) is 5.91 Å². The van der Waals surface area contributed by atoms with E-state index in [0.717, 1.165) is 6.20 Å². The van der Waals surface area contributed by atoms with Crippen LogP contribution in [0.5, 0.6) is 0 Å². The minimum atomic E-state index is -0.473. The zero-order valence-electron chi connectivity index (χ0n) is 9.15. The second-order valence-electron chi connectivity index (χ2n) is 3.55. The lowest BCUT2D eigenvalue weighted by Gasteiger charge is -2.07. The first-order valence-electron chi connectivity index (χ1n) is 5.04. The van der Waals surface area contributed by atoms with E-state index in [0.29, 0.717) is 5.02 Å². The molecule has 0 fully saturated rings. The van der Waals surface area contributed by atoms with Crippen molar-refractivity contribution < 1.29 is 9.18 Å². The van der Waals surface area contributed by atoms with E-state index in [9.17, 15) is 9.18 Å². The van der Waals surface area contributed by atoms with Crippen LogP contribution in [0.4, 0.5) is 15.9 Å². The van der Waals surface area contributed by atoms with Crippen LogP contribution < -0.4 is 11.1 Å². The summed E-state index contributed by atoms with van der Waals surface area (Å²) in [4.78, 5) is 15.6. The lowest BCUT2D eigenvalue weighted by molar-refractivity contribution is 0.102. The van der Waals surface area contributed by atoms with Gasteiger partial charge in [-0.25, -0.2) is 9.37 Å². The van der Waals surface area contributed by atoms with E-state index in [1.807, 2.05) is 0 Å². The molecule has 1 aromatic carbocycles. The number of anilines is 2. The molecule has 0 saturated carbocycles. The normalized spacial score (nSPS) is 10.1. The zero-order chi connectivity index (χ0) is 13.1. The number of nitrogens with one attached hydrogen (secondary N) is 1.